The van der Waals surface area contributed by atoms with Gasteiger partial charge in [-0.2, -0.15) is 0 Å². The number of hydrogen-bond acceptors (Lipinski definition) is 5. The molecule has 0 spiro atoms. The Hall–Kier alpha value is -3.26. The Morgan fingerprint density at radius 2 is 1.73 bits per heavy atom. The van der Waals surface area contributed by atoms with Crippen LogP contribution in [0.15, 0.2) is 72.3 Å². The highest BCUT2D eigenvalue weighted by Gasteiger charge is 2.33. The normalized spacial score (nSPS) is 15.0. The number of esters is 1. The van der Waals surface area contributed by atoms with E-state index in [1.54, 1.807) is 19.1 Å². The fourth-order valence-corrected chi connectivity index (χ4v) is 4.64. The number of carbonyl (C=O) groups is 1. The van der Waals surface area contributed by atoms with E-state index < -0.39 is 12.0 Å². The minimum Gasteiger partial charge on any atom is -0.490 e. The molecule has 0 saturated carbocycles. The second-order valence-corrected chi connectivity index (χ2v) is 9.32. The van der Waals surface area contributed by atoms with Crippen LogP contribution in [0.25, 0.3) is 5.70 Å². The van der Waals surface area contributed by atoms with Crippen molar-refractivity contribution in [1.82, 2.24) is 10.6 Å². The molecule has 37 heavy (non-hydrogen) atoms. The quantitative estimate of drug-likeness (QED) is 0.231. The summed E-state index contributed by atoms with van der Waals surface area (Å²) in [6, 6.07) is 19.8. The van der Waals surface area contributed by atoms with Crippen molar-refractivity contribution in [3.63, 3.8) is 0 Å². The van der Waals surface area contributed by atoms with Crippen molar-refractivity contribution in [2.75, 3.05) is 13.2 Å². The molecule has 3 aromatic rings. The summed E-state index contributed by atoms with van der Waals surface area (Å²) in [5.41, 5.74) is 3.40. The molecule has 0 aliphatic carbocycles. The molecule has 4 rings (SSSR count). The van der Waals surface area contributed by atoms with Gasteiger partial charge >= 0.3 is 5.97 Å². The molecule has 0 saturated heterocycles. The molecule has 2 N–H and O–H groups in total. The maximum absolute atomic E-state index is 13.2. The third kappa shape index (κ3) is 6.36. The highest BCUT2D eigenvalue weighted by atomic mass is 35.5. The molecule has 0 fully saturated rings. The highest BCUT2D eigenvalue weighted by Crippen LogP contribution is 2.37. The Morgan fingerprint density at radius 3 is 2.43 bits per heavy atom. The fraction of sp³-hybridized carbons (Fsp3) is 0.214. The SMILES string of the molecule is CCOC(=O)C1=C(c2ccccc2)NC(=S)N[C@H]1c1ccc(OCc2ccc(Cl)cc2Cl)c(OCC)c1. The summed E-state index contributed by atoms with van der Waals surface area (Å²) in [4.78, 5) is 13.2. The molecule has 0 amide bonds. The summed E-state index contributed by atoms with van der Waals surface area (Å²) in [7, 11) is 0. The maximum Gasteiger partial charge on any atom is 0.338 e. The zero-order valence-corrected chi connectivity index (χ0v) is 22.7. The first-order valence-electron chi connectivity index (χ1n) is 11.8. The van der Waals surface area contributed by atoms with E-state index in [-0.39, 0.29) is 13.2 Å². The summed E-state index contributed by atoms with van der Waals surface area (Å²) in [5, 5.41) is 7.83. The fourth-order valence-electron chi connectivity index (χ4n) is 3.96. The van der Waals surface area contributed by atoms with Crippen molar-refractivity contribution in [3.8, 4) is 11.5 Å². The van der Waals surface area contributed by atoms with E-state index in [9.17, 15) is 4.79 Å². The van der Waals surface area contributed by atoms with Crippen LogP contribution in [0.2, 0.25) is 10.0 Å². The van der Waals surface area contributed by atoms with Crippen LogP contribution in [0.1, 0.15) is 36.6 Å². The predicted octanol–water partition coefficient (Wildman–Crippen LogP) is 6.46. The van der Waals surface area contributed by atoms with Gasteiger partial charge in [0.15, 0.2) is 16.6 Å². The van der Waals surface area contributed by atoms with Gasteiger partial charge in [0.2, 0.25) is 0 Å². The minimum absolute atomic E-state index is 0.233. The average Bonchev–Trinajstić information content (AvgIpc) is 2.89. The third-order valence-corrected chi connectivity index (χ3v) is 6.44. The highest BCUT2D eigenvalue weighted by molar-refractivity contribution is 7.80. The average molecular weight is 557 g/mol. The minimum atomic E-state index is -0.568. The van der Waals surface area contributed by atoms with Crippen LogP contribution in [0, 0.1) is 0 Å². The molecule has 0 aromatic heterocycles. The number of nitrogens with one attached hydrogen (secondary N) is 2. The Bertz CT molecular complexity index is 1330. The van der Waals surface area contributed by atoms with Gasteiger partial charge in [0.25, 0.3) is 0 Å². The summed E-state index contributed by atoms with van der Waals surface area (Å²) in [5.74, 6) is 0.628. The second-order valence-electron chi connectivity index (χ2n) is 8.07. The number of benzene rings is 3. The smallest absolute Gasteiger partial charge is 0.338 e. The van der Waals surface area contributed by atoms with Gasteiger partial charge in [0, 0.05) is 15.6 Å². The first-order valence-corrected chi connectivity index (χ1v) is 12.9. The van der Waals surface area contributed by atoms with Crippen molar-refractivity contribution in [1.29, 1.82) is 0 Å². The van der Waals surface area contributed by atoms with Crippen LogP contribution in [0.3, 0.4) is 0 Å². The number of thiocarbonyl (C=S) groups is 1. The molecule has 9 heteroatoms. The van der Waals surface area contributed by atoms with Crippen molar-refractivity contribution >= 4 is 52.2 Å². The van der Waals surface area contributed by atoms with E-state index in [0.717, 1.165) is 16.7 Å². The molecule has 6 nitrogen and oxygen atoms in total. The standard InChI is InChI=1S/C28H26Cl2N2O4S/c1-3-34-23-14-18(11-13-22(23)36-16-19-10-12-20(29)15-21(19)30)26-24(27(33)35-4-2)25(31-28(37)32-26)17-8-6-5-7-9-17/h5-15,26H,3-4,16H2,1-2H3,(H2,31,32,37)/t26-/m0/s1. The van der Waals surface area contributed by atoms with E-state index in [1.807, 2.05) is 61.5 Å². The lowest BCUT2D eigenvalue weighted by Crippen LogP contribution is -2.45. The number of hydrogen-bond donors (Lipinski definition) is 2. The predicted molar refractivity (Wildman–Crippen MR) is 150 cm³/mol. The largest absolute Gasteiger partial charge is 0.490 e. The molecule has 0 radical (unpaired) electrons. The van der Waals surface area contributed by atoms with Crippen LogP contribution in [0.5, 0.6) is 11.5 Å². The van der Waals surface area contributed by atoms with Gasteiger partial charge in [0.1, 0.15) is 6.61 Å². The maximum atomic E-state index is 13.2. The van der Waals surface area contributed by atoms with E-state index in [0.29, 0.717) is 44.5 Å². The van der Waals surface area contributed by atoms with Gasteiger partial charge in [-0.1, -0.05) is 65.7 Å². The van der Waals surface area contributed by atoms with Crippen molar-refractivity contribution in [3.05, 3.63) is 99.0 Å². The van der Waals surface area contributed by atoms with Crippen LogP contribution in [-0.4, -0.2) is 24.3 Å². The number of ether oxygens (including phenoxy) is 3. The zero-order chi connectivity index (χ0) is 26.4. The molecular formula is C28H26Cl2N2O4S. The summed E-state index contributed by atoms with van der Waals surface area (Å²) < 4.78 is 17.4. The first kappa shape index (κ1) is 26.8. The molecule has 1 aliphatic rings. The lowest BCUT2D eigenvalue weighted by molar-refractivity contribution is -0.138. The van der Waals surface area contributed by atoms with E-state index in [2.05, 4.69) is 10.6 Å². The van der Waals surface area contributed by atoms with Crippen molar-refractivity contribution in [2.24, 2.45) is 0 Å². The monoisotopic (exact) mass is 556 g/mol. The van der Waals surface area contributed by atoms with Gasteiger partial charge in [-0.3, -0.25) is 0 Å². The molecule has 0 unspecified atom stereocenters. The number of carbonyl (C=O) groups excluding carboxylic acids is 1. The van der Waals surface area contributed by atoms with E-state index >= 15 is 0 Å². The third-order valence-electron chi connectivity index (χ3n) is 5.63. The van der Waals surface area contributed by atoms with Crippen LogP contribution in [-0.2, 0) is 16.1 Å². The zero-order valence-electron chi connectivity index (χ0n) is 20.3. The Kier molecular flexibility index (Phi) is 8.92. The van der Waals surface area contributed by atoms with E-state index in [1.165, 1.54) is 0 Å². The van der Waals surface area contributed by atoms with Crippen molar-refractivity contribution < 1.29 is 19.0 Å². The molecule has 3 aromatic carbocycles. The molecule has 1 heterocycles. The lowest BCUT2D eigenvalue weighted by Gasteiger charge is -2.31. The second kappa shape index (κ2) is 12.3. The van der Waals surface area contributed by atoms with Crippen molar-refractivity contribution in [2.45, 2.75) is 26.5 Å². The molecule has 1 atom stereocenters. The van der Waals surface area contributed by atoms with Crippen LogP contribution in [0.4, 0.5) is 0 Å². The van der Waals surface area contributed by atoms with Gasteiger partial charge in [-0.15, -0.1) is 0 Å². The van der Waals surface area contributed by atoms with Crippen LogP contribution < -0.4 is 20.1 Å². The Labute approximate surface area is 231 Å². The topological polar surface area (TPSA) is 68.8 Å². The summed E-state index contributed by atoms with van der Waals surface area (Å²) in [6.45, 7) is 4.57. The molecular weight excluding hydrogens is 531 g/mol. The number of rotatable bonds is 9. The summed E-state index contributed by atoms with van der Waals surface area (Å²) in [6.07, 6.45) is 0. The van der Waals surface area contributed by atoms with Crippen LogP contribution >= 0.6 is 35.4 Å². The Balaban J connectivity index is 1.72. The molecule has 1 aliphatic heterocycles. The van der Waals surface area contributed by atoms with Gasteiger partial charge in [-0.05, 0) is 61.5 Å². The van der Waals surface area contributed by atoms with Gasteiger partial charge in [0.05, 0.1) is 30.5 Å². The lowest BCUT2D eigenvalue weighted by atomic mass is 9.92. The first-order chi connectivity index (χ1) is 17.9. The van der Waals surface area contributed by atoms with Gasteiger partial charge < -0.3 is 24.8 Å². The van der Waals surface area contributed by atoms with E-state index in [4.69, 9.17) is 49.6 Å². The molecule has 0 bridgehead atoms. The van der Waals surface area contributed by atoms with Gasteiger partial charge in [-0.25, -0.2) is 4.79 Å². The molecule has 192 valence electrons. The summed E-state index contributed by atoms with van der Waals surface area (Å²) >= 11 is 17.8. The number of halogens is 2. The Morgan fingerprint density at radius 1 is 0.946 bits per heavy atom.